The Morgan fingerprint density at radius 3 is 2.31 bits per heavy atom. The van der Waals surface area contributed by atoms with E-state index in [1.54, 1.807) is 0 Å². The zero-order valence-corrected chi connectivity index (χ0v) is 13.2. The zero-order valence-electron chi connectivity index (χ0n) is 10.6. The van der Waals surface area contributed by atoms with E-state index < -0.39 is 8.32 Å². The first-order valence-electron chi connectivity index (χ1n) is 5.38. The number of hydrogen-bond acceptors (Lipinski definition) is 2. The fourth-order valence-corrected chi connectivity index (χ4v) is 2.42. The Kier molecular flexibility index (Phi) is 3.75. The standard InChI is InChI=1S/C12H20BrNOSi/c1-12(2,3)16(4,5)15-10-8-6-7-9(13)11(10)14/h6-8H,14H2,1-5H3. The van der Waals surface area contributed by atoms with Crippen LogP contribution < -0.4 is 10.2 Å². The molecule has 0 atom stereocenters. The number of hydrogen-bond donors (Lipinski definition) is 1. The predicted octanol–water partition coefficient (Wildman–Crippen LogP) is 4.42. The predicted molar refractivity (Wildman–Crippen MR) is 76.4 cm³/mol. The molecule has 0 saturated heterocycles. The van der Waals surface area contributed by atoms with Crippen molar-refractivity contribution in [2.24, 2.45) is 0 Å². The van der Waals surface area contributed by atoms with Crippen molar-refractivity contribution in [1.29, 1.82) is 0 Å². The minimum atomic E-state index is -1.80. The van der Waals surface area contributed by atoms with Crippen LogP contribution in [0.3, 0.4) is 0 Å². The molecule has 0 bridgehead atoms. The summed E-state index contributed by atoms with van der Waals surface area (Å²) < 4.78 is 7.05. The van der Waals surface area contributed by atoms with Crippen molar-refractivity contribution in [2.75, 3.05) is 5.73 Å². The maximum absolute atomic E-state index is 6.16. The van der Waals surface area contributed by atoms with Crippen LogP contribution in [0.2, 0.25) is 18.1 Å². The largest absolute Gasteiger partial charge is 0.542 e. The van der Waals surface area contributed by atoms with Gasteiger partial charge in [-0.15, -0.1) is 0 Å². The van der Waals surface area contributed by atoms with Crippen LogP contribution in [0, 0.1) is 0 Å². The van der Waals surface area contributed by atoms with Gasteiger partial charge in [-0.25, -0.2) is 0 Å². The summed E-state index contributed by atoms with van der Waals surface area (Å²) in [5.41, 5.74) is 6.67. The number of nitrogen functional groups attached to an aromatic ring is 1. The van der Waals surface area contributed by atoms with E-state index in [0.29, 0.717) is 5.69 Å². The molecule has 0 amide bonds. The average Bonchev–Trinajstić information content (AvgIpc) is 2.11. The Hall–Kier alpha value is -0.483. The molecular weight excluding hydrogens is 282 g/mol. The highest BCUT2D eigenvalue weighted by Crippen LogP contribution is 2.39. The molecule has 2 N–H and O–H groups in total. The van der Waals surface area contributed by atoms with E-state index in [-0.39, 0.29) is 5.04 Å². The van der Waals surface area contributed by atoms with Crippen LogP contribution in [0.15, 0.2) is 22.7 Å². The summed E-state index contributed by atoms with van der Waals surface area (Å²) >= 11 is 3.41. The highest BCUT2D eigenvalue weighted by atomic mass is 79.9. The van der Waals surface area contributed by atoms with Crippen molar-refractivity contribution in [3.63, 3.8) is 0 Å². The van der Waals surface area contributed by atoms with Crippen LogP contribution >= 0.6 is 15.9 Å². The molecule has 0 aliphatic carbocycles. The molecule has 0 radical (unpaired) electrons. The number of halogens is 1. The van der Waals surface area contributed by atoms with E-state index in [0.717, 1.165) is 10.2 Å². The van der Waals surface area contributed by atoms with Crippen molar-refractivity contribution < 1.29 is 4.43 Å². The summed E-state index contributed by atoms with van der Waals surface area (Å²) in [5.74, 6) is 0.793. The van der Waals surface area contributed by atoms with Crippen molar-refractivity contribution in [3.8, 4) is 5.75 Å². The van der Waals surface area contributed by atoms with Crippen LogP contribution in [0.4, 0.5) is 5.69 Å². The number of benzene rings is 1. The van der Waals surface area contributed by atoms with Gasteiger partial charge >= 0.3 is 0 Å². The Morgan fingerprint density at radius 2 is 1.81 bits per heavy atom. The summed E-state index contributed by atoms with van der Waals surface area (Å²) in [4.78, 5) is 0. The summed E-state index contributed by atoms with van der Waals surface area (Å²) in [5, 5.41) is 0.182. The normalized spacial score (nSPS) is 12.6. The average molecular weight is 302 g/mol. The first-order valence-corrected chi connectivity index (χ1v) is 9.08. The van der Waals surface area contributed by atoms with Gasteiger partial charge in [-0.3, -0.25) is 0 Å². The molecule has 0 saturated carbocycles. The smallest absolute Gasteiger partial charge is 0.250 e. The first-order chi connectivity index (χ1) is 7.15. The molecule has 16 heavy (non-hydrogen) atoms. The van der Waals surface area contributed by atoms with Crippen LogP contribution in [0.5, 0.6) is 5.75 Å². The van der Waals surface area contributed by atoms with E-state index in [9.17, 15) is 0 Å². The Labute approximate surface area is 107 Å². The summed E-state index contributed by atoms with van der Waals surface area (Å²) in [6.07, 6.45) is 0. The van der Waals surface area contributed by atoms with Crippen molar-refractivity contribution in [1.82, 2.24) is 0 Å². The monoisotopic (exact) mass is 301 g/mol. The molecule has 1 rings (SSSR count). The van der Waals surface area contributed by atoms with E-state index >= 15 is 0 Å². The van der Waals surface area contributed by atoms with Gasteiger partial charge in [-0.1, -0.05) is 26.8 Å². The minimum absolute atomic E-state index is 0.182. The fraction of sp³-hybridized carbons (Fsp3) is 0.500. The highest BCUT2D eigenvalue weighted by Gasteiger charge is 2.39. The lowest BCUT2D eigenvalue weighted by atomic mass is 10.2. The molecule has 0 aliphatic rings. The molecule has 4 heteroatoms. The summed E-state index contributed by atoms with van der Waals surface area (Å²) in [6, 6.07) is 5.80. The van der Waals surface area contributed by atoms with E-state index in [1.165, 1.54) is 0 Å². The van der Waals surface area contributed by atoms with Crippen LogP contribution in [-0.2, 0) is 0 Å². The third-order valence-corrected chi connectivity index (χ3v) is 8.22. The Balaban J connectivity index is 3.02. The molecule has 2 nitrogen and oxygen atoms in total. The Bertz CT molecular complexity index is 385. The van der Waals surface area contributed by atoms with Gasteiger partial charge < -0.3 is 10.2 Å². The zero-order chi connectivity index (χ0) is 12.6. The molecule has 0 aromatic heterocycles. The lowest BCUT2D eigenvalue weighted by Gasteiger charge is -2.36. The molecule has 1 aromatic rings. The molecule has 0 aliphatic heterocycles. The highest BCUT2D eigenvalue weighted by molar-refractivity contribution is 9.10. The van der Waals surface area contributed by atoms with Gasteiger partial charge in [0.15, 0.2) is 0 Å². The van der Waals surface area contributed by atoms with E-state index in [4.69, 9.17) is 10.2 Å². The molecule has 0 spiro atoms. The van der Waals surface area contributed by atoms with Gasteiger partial charge in [-0.2, -0.15) is 0 Å². The lowest BCUT2D eigenvalue weighted by molar-refractivity contribution is 0.494. The van der Waals surface area contributed by atoms with Gasteiger partial charge in [-0.05, 0) is 46.2 Å². The maximum atomic E-state index is 6.16. The molecule has 0 heterocycles. The van der Waals surface area contributed by atoms with Crippen LogP contribution in [0.1, 0.15) is 20.8 Å². The molecule has 0 fully saturated rings. The number of rotatable bonds is 2. The summed E-state index contributed by atoms with van der Waals surface area (Å²) in [6.45, 7) is 11.1. The number of anilines is 1. The molecular formula is C12H20BrNOSi. The second-order valence-electron chi connectivity index (χ2n) is 5.51. The van der Waals surface area contributed by atoms with Crippen molar-refractivity contribution in [3.05, 3.63) is 22.7 Å². The Morgan fingerprint density at radius 1 is 1.25 bits per heavy atom. The van der Waals surface area contributed by atoms with Gasteiger partial charge in [0.2, 0.25) is 0 Å². The second kappa shape index (κ2) is 4.41. The third kappa shape index (κ3) is 2.80. The van der Waals surface area contributed by atoms with Gasteiger partial charge in [0, 0.05) is 4.47 Å². The molecule has 0 unspecified atom stereocenters. The summed E-state index contributed by atoms with van der Waals surface area (Å²) in [7, 11) is -1.80. The quantitative estimate of drug-likeness (QED) is 0.648. The van der Waals surface area contributed by atoms with Gasteiger partial charge in [0.25, 0.3) is 8.32 Å². The SMILES string of the molecule is CC(C)(C)[Si](C)(C)Oc1cccc(Br)c1N. The third-order valence-electron chi connectivity index (χ3n) is 3.18. The molecule has 1 aromatic carbocycles. The van der Waals surface area contributed by atoms with E-state index in [1.807, 2.05) is 18.2 Å². The fourth-order valence-electron chi connectivity index (χ4n) is 1.03. The molecule has 90 valence electrons. The number of para-hydroxylation sites is 1. The van der Waals surface area contributed by atoms with Gasteiger partial charge in [0.1, 0.15) is 5.75 Å². The van der Waals surface area contributed by atoms with Crippen molar-refractivity contribution >= 4 is 29.9 Å². The second-order valence-corrected chi connectivity index (χ2v) is 11.1. The van der Waals surface area contributed by atoms with Crippen molar-refractivity contribution in [2.45, 2.75) is 38.9 Å². The topological polar surface area (TPSA) is 35.2 Å². The van der Waals surface area contributed by atoms with Crippen LogP contribution in [0.25, 0.3) is 0 Å². The first kappa shape index (κ1) is 13.6. The lowest BCUT2D eigenvalue weighted by Crippen LogP contribution is -2.44. The van der Waals surface area contributed by atoms with E-state index in [2.05, 4.69) is 49.8 Å². The minimum Gasteiger partial charge on any atom is -0.542 e. The van der Waals surface area contributed by atoms with Crippen LogP contribution in [-0.4, -0.2) is 8.32 Å². The number of nitrogens with two attached hydrogens (primary N) is 1. The van der Waals surface area contributed by atoms with Gasteiger partial charge in [0.05, 0.1) is 5.69 Å². The maximum Gasteiger partial charge on any atom is 0.250 e.